The molecule has 0 aromatic heterocycles. The van der Waals surface area contributed by atoms with Crippen LogP contribution in [-0.4, -0.2) is 31.8 Å². The Morgan fingerprint density at radius 1 is 0.653 bits per heavy atom. The molecular formula is C40H60N2O6S. The minimum absolute atomic E-state index is 0.193. The van der Waals surface area contributed by atoms with Crippen LogP contribution >= 0.6 is 0 Å². The van der Waals surface area contributed by atoms with Gasteiger partial charge in [-0.25, -0.2) is 18.0 Å². The van der Waals surface area contributed by atoms with Gasteiger partial charge < -0.3 is 20.1 Å². The summed E-state index contributed by atoms with van der Waals surface area (Å²) in [4.78, 5) is 26.8. The van der Waals surface area contributed by atoms with E-state index in [0.29, 0.717) is 24.0 Å². The summed E-state index contributed by atoms with van der Waals surface area (Å²) in [7, 11) is -4.16. The van der Waals surface area contributed by atoms with Gasteiger partial charge in [-0.3, -0.25) is 0 Å². The number of sulfone groups is 1. The molecule has 0 bridgehead atoms. The summed E-state index contributed by atoms with van der Waals surface area (Å²) in [5, 5.41) is 6.09. The van der Waals surface area contributed by atoms with Crippen LogP contribution < -0.4 is 10.6 Å². The fourth-order valence-corrected chi connectivity index (χ4v) is 9.50. The van der Waals surface area contributed by atoms with Crippen molar-refractivity contribution < 1.29 is 27.5 Å². The summed E-state index contributed by atoms with van der Waals surface area (Å²) in [6, 6.07) is 10.0. The number of carbonyl (C=O) groups excluding carboxylic acids is 2. The molecule has 2 unspecified atom stereocenters. The van der Waals surface area contributed by atoms with Crippen LogP contribution in [0.25, 0.3) is 0 Å². The molecule has 2 aromatic carbocycles. The fourth-order valence-electron chi connectivity index (χ4n) is 7.65. The smallest absolute Gasteiger partial charge is 0.408 e. The van der Waals surface area contributed by atoms with E-state index in [2.05, 4.69) is 10.6 Å². The minimum Gasteiger partial charge on any atom is -0.444 e. The predicted octanol–water partition coefficient (Wildman–Crippen LogP) is 10.6. The molecule has 2 amide bonds. The lowest BCUT2D eigenvalue weighted by atomic mass is 9.80. The first kappa shape index (κ1) is 38.7. The largest absolute Gasteiger partial charge is 0.444 e. The van der Waals surface area contributed by atoms with Crippen LogP contribution in [0, 0.1) is 0 Å². The maximum atomic E-state index is 15.3. The summed E-state index contributed by atoms with van der Waals surface area (Å²) in [5.41, 5.74) is 1.84. The van der Waals surface area contributed by atoms with Crippen LogP contribution in [0.15, 0.2) is 46.2 Å². The second-order valence-corrected chi connectivity index (χ2v) is 17.8. The van der Waals surface area contributed by atoms with Crippen LogP contribution in [0.1, 0.15) is 179 Å². The fraction of sp³-hybridized carbons (Fsp3) is 0.650. The van der Waals surface area contributed by atoms with Crippen molar-refractivity contribution in [3.8, 4) is 0 Å². The van der Waals surface area contributed by atoms with Crippen LogP contribution in [0.5, 0.6) is 0 Å². The molecule has 8 nitrogen and oxygen atoms in total. The predicted molar refractivity (Wildman–Crippen MR) is 195 cm³/mol. The molecule has 0 heterocycles. The molecule has 2 fully saturated rings. The van der Waals surface area contributed by atoms with Crippen molar-refractivity contribution in [1.29, 1.82) is 0 Å². The average molecular weight is 697 g/mol. The molecule has 2 aliphatic rings. The topological polar surface area (TPSA) is 111 Å². The van der Waals surface area contributed by atoms with Crippen LogP contribution in [0.2, 0.25) is 0 Å². The molecule has 0 spiro atoms. The highest BCUT2D eigenvalue weighted by atomic mass is 32.2. The van der Waals surface area contributed by atoms with E-state index in [-0.39, 0.29) is 21.6 Å². The number of hydrogen-bond donors (Lipinski definition) is 2. The lowest BCUT2D eigenvalue weighted by Gasteiger charge is -2.32. The third kappa shape index (κ3) is 10.0. The first-order valence-corrected chi connectivity index (χ1v) is 20.0. The number of nitrogens with one attached hydrogen (secondary N) is 2. The van der Waals surface area contributed by atoms with E-state index in [1.165, 1.54) is 0 Å². The van der Waals surface area contributed by atoms with Gasteiger partial charge in [-0.05, 0) is 126 Å². The quantitative estimate of drug-likeness (QED) is 0.256. The summed E-state index contributed by atoms with van der Waals surface area (Å²) in [6.07, 6.45) is 10.4. The average Bonchev–Trinajstić information content (AvgIpc) is 3.04. The Labute approximate surface area is 295 Å². The van der Waals surface area contributed by atoms with Crippen molar-refractivity contribution in [3.05, 3.63) is 58.7 Å². The summed E-state index contributed by atoms with van der Waals surface area (Å²) in [5.74, 6) is 0.386. The zero-order chi connectivity index (χ0) is 36.0. The van der Waals surface area contributed by atoms with Gasteiger partial charge in [0, 0.05) is 0 Å². The Morgan fingerprint density at radius 2 is 1.00 bits per heavy atom. The molecule has 0 radical (unpaired) electrons. The number of benzene rings is 2. The molecule has 2 aromatic rings. The molecule has 9 heteroatoms. The van der Waals surface area contributed by atoms with Gasteiger partial charge in [-0.15, -0.1) is 0 Å². The van der Waals surface area contributed by atoms with Gasteiger partial charge in [0.25, 0.3) is 0 Å². The van der Waals surface area contributed by atoms with Gasteiger partial charge in [0.1, 0.15) is 11.2 Å². The van der Waals surface area contributed by atoms with E-state index in [1.807, 2.05) is 79.7 Å². The van der Waals surface area contributed by atoms with Gasteiger partial charge in [-0.2, -0.15) is 0 Å². The molecule has 272 valence electrons. The van der Waals surface area contributed by atoms with E-state index in [1.54, 1.807) is 12.1 Å². The molecule has 2 saturated carbocycles. The molecule has 0 aliphatic heterocycles. The molecule has 4 rings (SSSR count). The van der Waals surface area contributed by atoms with Crippen molar-refractivity contribution in [2.45, 2.75) is 177 Å². The number of carbonyl (C=O) groups is 2. The van der Waals surface area contributed by atoms with Crippen molar-refractivity contribution in [2.75, 3.05) is 0 Å². The monoisotopic (exact) mass is 696 g/mol. The second-order valence-electron chi connectivity index (χ2n) is 15.9. The lowest BCUT2D eigenvalue weighted by molar-refractivity contribution is 0.0489. The Bertz CT molecular complexity index is 1430. The van der Waals surface area contributed by atoms with Gasteiger partial charge in [0.15, 0.2) is 0 Å². The van der Waals surface area contributed by atoms with Crippen molar-refractivity contribution in [3.63, 3.8) is 0 Å². The Hall–Kier alpha value is -3.07. The van der Waals surface area contributed by atoms with E-state index < -0.39 is 45.3 Å². The molecule has 2 aliphatic carbocycles. The third-order valence-corrected chi connectivity index (χ3v) is 11.6. The molecule has 49 heavy (non-hydrogen) atoms. The van der Waals surface area contributed by atoms with E-state index in [4.69, 9.17) is 9.47 Å². The summed E-state index contributed by atoms with van der Waals surface area (Å²) in [6.45, 7) is 14.8. The lowest BCUT2D eigenvalue weighted by Crippen LogP contribution is -2.36. The number of amides is 2. The molecular weight excluding hydrogens is 637 g/mol. The van der Waals surface area contributed by atoms with E-state index >= 15 is 8.42 Å². The second kappa shape index (κ2) is 16.3. The Kier molecular flexibility index (Phi) is 12.9. The van der Waals surface area contributed by atoms with Gasteiger partial charge >= 0.3 is 12.2 Å². The normalized spacial score (nSPS) is 18.0. The summed E-state index contributed by atoms with van der Waals surface area (Å²) >= 11 is 0. The van der Waals surface area contributed by atoms with Crippen molar-refractivity contribution in [2.24, 2.45) is 0 Å². The zero-order valence-corrected chi connectivity index (χ0v) is 31.9. The maximum Gasteiger partial charge on any atom is 0.408 e. The minimum atomic E-state index is -4.16. The number of hydrogen-bond acceptors (Lipinski definition) is 6. The first-order chi connectivity index (χ1) is 23.1. The standard InChI is InChI=1S/C40H60N2O6S/c1-9-31(41-37(43)47-39(3,4)5)35-29(27-19-13-11-14-20-27)23-17-25-33(35)49(45,46)34-26-18-24-30(28-21-15-12-16-22-28)36(34)32(10-2)42-38(44)48-40(6,7)8/h17-18,23-28,31-32H,9-16,19-22H2,1-8H3,(H,41,43)(H,42,44). The number of rotatable bonds is 10. The van der Waals surface area contributed by atoms with Gasteiger partial charge in [0.05, 0.1) is 21.9 Å². The van der Waals surface area contributed by atoms with E-state index in [9.17, 15) is 9.59 Å². The van der Waals surface area contributed by atoms with Crippen LogP contribution in [0.3, 0.4) is 0 Å². The van der Waals surface area contributed by atoms with Crippen LogP contribution in [-0.2, 0) is 19.3 Å². The first-order valence-electron chi connectivity index (χ1n) is 18.6. The number of ether oxygens (including phenoxy) is 2. The van der Waals surface area contributed by atoms with Gasteiger partial charge in [-0.1, -0.05) is 76.6 Å². The van der Waals surface area contributed by atoms with Crippen molar-refractivity contribution in [1.82, 2.24) is 10.6 Å². The Balaban J connectivity index is 1.93. The molecule has 0 saturated heterocycles. The van der Waals surface area contributed by atoms with Crippen LogP contribution in [0.4, 0.5) is 9.59 Å². The zero-order valence-electron chi connectivity index (χ0n) is 31.1. The molecule has 2 N–H and O–H groups in total. The highest BCUT2D eigenvalue weighted by Gasteiger charge is 2.36. The summed E-state index contributed by atoms with van der Waals surface area (Å²) < 4.78 is 42.0. The third-order valence-electron chi connectivity index (χ3n) is 9.76. The molecule has 2 atom stereocenters. The van der Waals surface area contributed by atoms with E-state index in [0.717, 1.165) is 75.3 Å². The SMILES string of the molecule is CCC(NC(=O)OC(C)(C)C)c1c(C2CCCCC2)cccc1S(=O)(=O)c1cccc(C2CCCCC2)c1C(CC)NC(=O)OC(C)(C)C. The number of alkyl carbamates (subject to hydrolysis) is 2. The van der Waals surface area contributed by atoms with Crippen molar-refractivity contribution >= 4 is 22.0 Å². The Morgan fingerprint density at radius 3 is 1.31 bits per heavy atom. The highest BCUT2D eigenvalue weighted by molar-refractivity contribution is 7.91. The van der Waals surface area contributed by atoms with Gasteiger partial charge in [0.2, 0.25) is 9.84 Å². The highest BCUT2D eigenvalue weighted by Crippen LogP contribution is 2.44. The maximum absolute atomic E-state index is 15.3.